The molecule has 2 heteroatoms. The lowest BCUT2D eigenvalue weighted by atomic mass is 9.84. The molecule has 0 unspecified atom stereocenters. The molecule has 0 aliphatic rings. The van der Waals surface area contributed by atoms with Gasteiger partial charge < -0.3 is 4.42 Å². The second-order valence-corrected chi connectivity index (χ2v) is 9.47. The molecule has 6 aromatic rings. The number of furan rings is 1. The predicted octanol–water partition coefficient (Wildman–Crippen LogP) is 8.56. The number of hydrogen-bond acceptors (Lipinski definition) is 2. The van der Waals surface area contributed by atoms with Gasteiger partial charge >= 0.3 is 0 Å². The Labute approximate surface area is 191 Å². The quantitative estimate of drug-likeness (QED) is 0.250. The number of para-hydroxylation sites is 1. The zero-order valence-corrected chi connectivity index (χ0v) is 18.4. The molecular formula is C30H25NO. The normalized spacial score (nSPS) is 14.2. The summed E-state index contributed by atoms with van der Waals surface area (Å²) in [5.74, 6) is 0. The van der Waals surface area contributed by atoms with Gasteiger partial charge in [-0.1, -0.05) is 75.4 Å². The maximum Gasteiger partial charge on any atom is 0.144 e. The van der Waals surface area contributed by atoms with Gasteiger partial charge in [0.25, 0.3) is 0 Å². The fourth-order valence-corrected chi connectivity index (χ4v) is 4.81. The van der Waals surface area contributed by atoms with Crippen molar-refractivity contribution in [2.75, 3.05) is 0 Å². The van der Waals surface area contributed by atoms with Gasteiger partial charge in [-0.3, -0.25) is 4.98 Å². The molecule has 2 aromatic heterocycles. The number of fused-ring (bicyclic) bond motifs is 7. The van der Waals surface area contributed by atoms with Crippen molar-refractivity contribution in [1.29, 1.82) is 0 Å². The second-order valence-electron chi connectivity index (χ2n) is 9.47. The van der Waals surface area contributed by atoms with Gasteiger partial charge in [-0.05, 0) is 57.8 Å². The van der Waals surface area contributed by atoms with E-state index in [1.807, 2.05) is 45.0 Å². The van der Waals surface area contributed by atoms with E-state index in [9.17, 15) is 0 Å². The number of aromatic nitrogens is 1. The molecule has 0 spiro atoms. The maximum atomic E-state index is 7.99. The largest absolute Gasteiger partial charge is 0.455 e. The van der Waals surface area contributed by atoms with Crippen molar-refractivity contribution in [3.05, 3.63) is 90.1 Å². The minimum absolute atomic E-state index is 0.294. The van der Waals surface area contributed by atoms with Gasteiger partial charge in [-0.2, -0.15) is 0 Å². The first kappa shape index (κ1) is 16.0. The average Bonchev–Trinajstić information content (AvgIpc) is 3.21. The molecule has 0 saturated heterocycles. The van der Waals surface area contributed by atoms with Crippen LogP contribution >= 0.6 is 0 Å². The van der Waals surface area contributed by atoms with Gasteiger partial charge in [-0.15, -0.1) is 0 Å². The molecule has 0 radical (unpaired) electrons. The van der Waals surface area contributed by atoms with E-state index in [1.54, 1.807) is 0 Å². The van der Waals surface area contributed by atoms with E-state index in [4.69, 9.17) is 8.53 Å². The highest BCUT2D eigenvalue weighted by Crippen LogP contribution is 2.41. The fraction of sp³-hybridized carbons (Fsp3) is 0.167. The first-order chi connectivity index (χ1) is 16.6. The topological polar surface area (TPSA) is 26.0 Å². The molecule has 0 bridgehead atoms. The summed E-state index contributed by atoms with van der Waals surface area (Å²) in [5.41, 5.74) is 3.87. The van der Waals surface area contributed by atoms with Crippen molar-refractivity contribution in [3.8, 4) is 11.3 Å². The summed E-state index contributed by atoms with van der Waals surface area (Å²) in [6.07, 6.45) is 1.51. The maximum absolute atomic E-state index is 7.99. The monoisotopic (exact) mass is 418 g/mol. The third-order valence-electron chi connectivity index (χ3n) is 6.36. The van der Waals surface area contributed by atoms with Crippen LogP contribution in [-0.2, 0) is 5.41 Å². The molecule has 0 fully saturated rings. The lowest BCUT2D eigenvalue weighted by Crippen LogP contribution is -2.13. The van der Waals surface area contributed by atoms with Crippen LogP contribution < -0.4 is 0 Å². The van der Waals surface area contributed by atoms with Crippen molar-refractivity contribution in [1.82, 2.24) is 4.98 Å². The van der Waals surface area contributed by atoms with Crippen LogP contribution in [0.2, 0.25) is 0 Å². The number of benzene rings is 4. The highest BCUT2D eigenvalue weighted by molar-refractivity contribution is 6.27. The van der Waals surface area contributed by atoms with E-state index >= 15 is 0 Å². The van der Waals surface area contributed by atoms with Crippen molar-refractivity contribution in [2.24, 2.45) is 0 Å². The third-order valence-corrected chi connectivity index (χ3v) is 6.36. The van der Waals surface area contributed by atoms with Gasteiger partial charge in [0.2, 0.25) is 0 Å². The van der Waals surface area contributed by atoms with Crippen molar-refractivity contribution in [3.63, 3.8) is 0 Å². The van der Waals surface area contributed by atoms with Crippen LogP contribution in [0.5, 0.6) is 0 Å². The highest BCUT2D eigenvalue weighted by Gasteiger charge is 2.20. The molecule has 0 atom stereocenters. The number of nitrogens with zero attached hydrogens (tertiary/aromatic N) is 1. The van der Waals surface area contributed by atoms with Crippen LogP contribution in [0.15, 0.2) is 83.4 Å². The van der Waals surface area contributed by atoms with Crippen LogP contribution in [0, 0.1) is 6.85 Å². The molecule has 0 aliphatic carbocycles. The van der Waals surface area contributed by atoms with Gasteiger partial charge in [0.15, 0.2) is 0 Å². The zero-order chi connectivity index (χ0) is 24.5. The van der Waals surface area contributed by atoms with Crippen molar-refractivity contribution < 1.29 is 8.53 Å². The van der Waals surface area contributed by atoms with Gasteiger partial charge in [-0.25, -0.2) is 0 Å². The van der Waals surface area contributed by atoms with Crippen molar-refractivity contribution >= 4 is 43.5 Å². The van der Waals surface area contributed by atoms with Crippen LogP contribution in [0.25, 0.3) is 54.7 Å². The Morgan fingerprint density at radius 2 is 1.59 bits per heavy atom. The number of rotatable bonds is 1. The second kappa shape index (κ2) is 6.67. The van der Waals surface area contributed by atoms with E-state index < -0.39 is 6.85 Å². The summed E-state index contributed by atoms with van der Waals surface area (Å²) in [4.78, 5) is 4.60. The molecular weight excluding hydrogens is 390 g/mol. The molecule has 0 saturated carbocycles. The fourth-order valence-electron chi connectivity index (χ4n) is 4.81. The van der Waals surface area contributed by atoms with Gasteiger partial charge in [0.1, 0.15) is 11.2 Å². The SMILES string of the molecule is [2H]C([2H])([2H])c1cnc(-c2cccc3c2oc2ccc4ccc5ccccc5c4c23)cc1C(C)(C)C. The van der Waals surface area contributed by atoms with E-state index in [0.717, 1.165) is 33.1 Å². The van der Waals surface area contributed by atoms with Crippen LogP contribution in [0.1, 0.15) is 36.0 Å². The number of pyridine rings is 1. The number of aryl methyl sites for hydroxylation is 1. The van der Waals surface area contributed by atoms with E-state index in [1.165, 1.54) is 27.7 Å². The van der Waals surface area contributed by atoms with Crippen LogP contribution in [0.4, 0.5) is 0 Å². The summed E-state index contributed by atoms with van der Waals surface area (Å²) in [6, 6.07) is 24.9. The van der Waals surface area contributed by atoms with Crippen LogP contribution in [-0.4, -0.2) is 4.98 Å². The zero-order valence-electron chi connectivity index (χ0n) is 21.4. The molecule has 156 valence electrons. The Morgan fingerprint density at radius 1 is 0.812 bits per heavy atom. The first-order valence-corrected chi connectivity index (χ1v) is 10.9. The average molecular weight is 419 g/mol. The third kappa shape index (κ3) is 2.76. The van der Waals surface area contributed by atoms with Crippen LogP contribution in [0.3, 0.4) is 0 Å². The predicted molar refractivity (Wildman–Crippen MR) is 135 cm³/mol. The Morgan fingerprint density at radius 3 is 2.44 bits per heavy atom. The van der Waals surface area contributed by atoms with Gasteiger partial charge in [0, 0.05) is 32.0 Å². The highest BCUT2D eigenvalue weighted by atomic mass is 16.3. The minimum atomic E-state index is -2.22. The van der Waals surface area contributed by atoms with E-state index in [0.29, 0.717) is 11.3 Å². The van der Waals surface area contributed by atoms with Crippen molar-refractivity contribution in [2.45, 2.75) is 33.0 Å². The minimum Gasteiger partial charge on any atom is -0.455 e. The van der Waals surface area contributed by atoms with E-state index in [2.05, 4.69) is 53.5 Å². The molecule has 2 nitrogen and oxygen atoms in total. The number of hydrogen-bond donors (Lipinski definition) is 0. The molecule has 32 heavy (non-hydrogen) atoms. The summed E-state index contributed by atoms with van der Waals surface area (Å²) in [7, 11) is 0. The summed E-state index contributed by atoms with van der Waals surface area (Å²) in [5, 5.41) is 6.84. The summed E-state index contributed by atoms with van der Waals surface area (Å²) in [6.45, 7) is 3.86. The standard InChI is InChI=1S/C30H25NO/c1-18-17-31-25(16-24(18)30(2,3)4)22-10-7-11-23-28-26(32-29(22)23)15-14-20-13-12-19-8-5-6-9-21(19)27(20)28/h5-17H,1-4H3/i1D3. The Kier molecular flexibility index (Phi) is 3.35. The molecule has 2 heterocycles. The Hall–Kier alpha value is -3.65. The lowest BCUT2D eigenvalue weighted by molar-refractivity contribution is 0.585. The summed E-state index contributed by atoms with van der Waals surface area (Å²) < 4.78 is 30.4. The van der Waals surface area contributed by atoms with E-state index in [-0.39, 0.29) is 5.41 Å². The molecule has 6 rings (SSSR count). The summed E-state index contributed by atoms with van der Waals surface area (Å²) >= 11 is 0. The molecule has 0 amide bonds. The van der Waals surface area contributed by atoms with Gasteiger partial charge in [0.05, 0.1) is 5.69 Å². The smallest absolute Gasteiger partial charge is 0.144 e. The molecule has 0 aliphatic heterocycles. The Bertz CT molecular complexity index is 1770. The Balaban J connectivity index is 1.68. The molecule has 0 N–H and O–H groups in total. The molecule has 4 aromatic carbocycles. The first-order valence-electron chi connectivity index (χ1n) is 12.4. The lowest BCUT2D eigenvalue weighted by Gasteiger charge is -2.22.